The Labute approximate surface area is 104 Å². The zero-order chi connectivity index (χ0) is 12.9. The van der Waals surface area contributed by atoms with E-state index in [4.69, 9.17) is 4.74 Å². The van der Waals surface area contributed by atoms with Gasteiger partial charge >= 0.3 is 0 Å². The van der Waals surface area contributed by atoms with Crippen LogP contribution < -0.4 is 0 Å². The van der Waals surface area contributed by atoms with Gasteiger partial charge in [-0.1, -0.05) is 33.6 Å². The molecule has 0 amide bonds. The highest BCUT2D eigenvalue weighted by atomic mass is 16.6. The first kappa shape index (κ1) is 13.3. The monoisotopic (exact) mass is 242 g/mol. The number of unbranched alkanes of at least 4 members (excludes halogenated alkanes) is 1. The molecular weight excluding hydrogens is 216 g/mol. The average Bonchev–Trinajstić information content (AvgIpc) is 2.72. The van der Waals surface area contributed by atoms with E-state index < -0.39 is 22.9 Å². The fraction of sp³-hybridized carbons (Fsp3) is 1.00. The van der Waals surface area contributed by atoms with Crippen LogP contribution in [0.3, 0.4) is 0 Å². The fourth-order valence-corrected chi connectivity index (χ4v) is 3.89. The van der Waals surface area contributed by atoms with E-state index in [0.717, 1.165) is 25.7 Å². The molecule has 0 aromatic rings. The molecule has 3 nitrogen and oxygen atoms in total. The molecule has 0 aliphatic carbocycles. The second-order valence-corrected chi connectivity index (χ2v) is 6.39. The molecule has 1 unspecified atom stereocenters. The number of fused-ring (bicyclic) bond motifs is 2. The summed E-state index contributed by atoms with van der Waals surface area (Å²) in [4.78, 5) is 0. The summed E-state index contributed by atoms with van der Waals surface area (Å²) >= 11 is 0. The molecule has 2 N–H and O–H groups in total. The number of hydrogen-bond acceptors (Lipinski definition) is 3. The maximum absolute atomic E-state index is 11.0. The Balaban J connectivity index is 2.35. The molecule has 0 saturated carbocycles. The molecule has 0 aromatic heterocycles. The first-order valence-corrected chi connectivity index (χ1v) is 6.93. The molecule has 0 spiro atoms. The maximum Gasteiger partial charge on any atom is 0.122 e. The molecule has 2 heterocycles. The van der Waals surface area contributed by atoms with Gasteiger partial charge in [0.25, 0.3) is 0 Å². The van der Waals surface area contributed by atoms with Crippen molar-refractivity contribution < 1.29 is 14.9 Å². The van der Waals surface area contributed by atoms with Crippen LogP contribution in [0.5, 0.6) is 0 Å². The van der Waals surface area contributed by atoms with E-state index in [1.807, 2.05) is 6.92 Å². The molecular formula is C14H26O3. The second-order valence-electron chi connectivity index (χ2n) is 6.39. The minimum absolute atomic E-state index is 0.225. The molecule has 2 aliphatic heterocycles. The van der Waals surface area contributed by atoms with Gasteiger partial charge in [-0.15, -0.1) is 0 Å². The van der Waals surface area contributed by atoms with Gasteiger partial charge in [-0.2, -0.15) is 0 Å². The summed E-state index contributed by atoms with van der Waals surface area (Å²) in [6.07, 6.45) is 3.55. The quantitative estimate of drug-likeness (QED) is 0.795. The molecule has 4 atom stereocenters. The molecule has 2 fully saturated rings. The summed E-state index contributed by atoms with van der Waals surface area (Å²) in [5.74, 6) is 0.225. The van der Waals surface area contributed by atoms with Crippen LogP contribution in [0.2, 0.25) is 0 Å². The normalized spacial score (nSPS) is 49.2. The molecule has 2 bridgehead atoms. The predicted molar refractivity (Wildman–Crippen MR) is 66.8 cm³/mol. The third kappa shape index (κ3) is 1.52. The summed E-state index contributed by atoms with van der Waals surface area (Å²) in [6.45, 7) is 8.21. The molecule has 100 valence electrons. The van der Waals surface area contributed by atoms with Crippen LogP contribution in [0.15, 0.2) is 0 Å². The van der Waals surface area contributed by atoms with E-state index >= 15 is 0 Å². The Bertz CT molecular complexity index is 304. The number of aliphatic hydroxyl groups excluding tert-OH is 1. The highest BCUT2D eigenvalue weighted by Crippen LogP contribution is 2.60. The van der Waals surface area contributed by atoms with Crippen LogP contribution >= 0.6 is 0 Å². The van der Waals surface area contributed by atoms with E-state index in [1.54, 1.807) is 0 Å². The molecule has 0 aromatic carbocycles. The predicted octanol–water partition coefficient (Wildman–Crippen LogP) is 2.25. The summed E-state index contributed by atoms with van der Waals surface area (Å²) in [5.41, 5.74) is -2.16. The number of hydrogen-bond donors (Lipinski definition) is 2. The van der Waals surface area contributed by atoms with Crippen LogP contribution in [0.4, 0.5) is 0 Å². The van der Waals surface area contributed by atoms with Crippen molar-refractivity contribution in [3.63, 3.8) is 0 Å². The minimum Gasteiger partial charge on any atom is -0.387 e. The number of rotatable bonds is 4. The lowest BCUT2D eigenvalue weighted by molar-refractivity contribution is -0.163. The Morgan fingerprint density at radius 3 is 2.53 bits per heavy atom. The van der Waals surface area contributed by atoms with E-state index in [1.165, 1.54) is 0 Å². The topological polar surface area (TPSA) is 49.7 Å². The van der Waals surface area contributed by atoms with Gasteiger partial charge < -0.3 is 14.9 Å². The third-order valence-corrected chi connectivity index (χ3v) is 5.02. The first-order valence-electron chi connectivity index (χ1n) is 6.93. The second kappa shape index (κ2) is 3.94. The minimum atomic E-state index is -1.07. The first-order chi connectivity index (χ1) is 7.82. The lowest BCUT2D eigenvalue weighted by Gasteiger charge is -2.46. The summed E-state index contributed by atoms with van der Waals surface area (Å²) in [7, 11) is 0. The smallest absolute Gasteiger partial charge is 0.122 e. The SMILES string of the molecule is CCCCC1(O)[C@@H](O)[C@]2(C)CC[C@@]1(C(C)C)O2. The van der Waals surface area contributed by atoms with Gasteiger partial charge in [0.05, 0.1) is 5.60 Å². The van der Waals surface area contributed by atoms with Crippen LogP contribution in [-0.2, 0) is 4.74 Å². The van der Waals surface area contributed by atoms with Crippen molar-refractivity contribution in [1.82, 2.24) is 0 Å². The molecule has 2 saturated heterocycles. The average molecular weight is 242 g/mol. The zero-order valence-electron chi connectivity index (χ0n) is 11.5. The highest BCUT2D eigenvalue weighted by molar-refractivity contribution is 5.22. The van der Waals surface area contributed by atoms with Crippen molar-refractivity contribution in [1.29, 1.82) is 0 Å². The van der Waals surface area contributed by atoms with Crippen molar-refractivity contribution in [3.05, 3.63) is 0 Å². The van der Waals surface area contributed by atoms with Crippen LogP contribution in [0.25, 0.3) is 0 Å². The van der Waals surface area contributed by atoms with Crippen molar-refractivity contribution in [3.8, 4) is 0 Å². The summed E-state index contributed by atoms with van der Waals surface area (Å²) in [6, 6.07) is 0. The van der Waals surface area contributed by atoms with Gasteiger partial charge in [-0.3, -0.25) is 0 Å². The van der Waals surface area contributed by atoms with Crippen LogP contribution in [0, 0.1) is 5.92 Å². The van der Waals surface area contributed by atoms with Crippen molar-refractivity contribution in [2.24, 2.45) is 5.92 Å². The molecule has 17 heavy (non-hydrogen) atoms. The van der Waals surface area contributed by atoms with E-state index in [0.29, 0.717) is 6.42 Å². The summed E-state index contributed by atoms with van der Waals surface area (Å²) < 4.78 is 6.13. The lowest BCUT2D eigenvalue weighted by atomic mass is 9.63. The van der Waals surface area contributed by atoms with E-state index in [2.05, 4.69) is 20.8 Å². The van der Waals surface area contributed by atoms with Gasteiger partial charge in [0.15, 0.2) is 0 Å². The van der Waals surface area contributed by atoms with E-state index in [9.17, 15) is 10.2 Å². The fourth-order valence-electron chi connectivity index (χ4n) is 3.89. The third-order valence-electron chi connectivity index (χ3n) is 5.02. The van der Waals surface area contributed by atoms with Crippen molar-refractivity contribution in [2.75, 3.05) is 0 Å². The molecule has 2 rings (SSSR count). The summed E-state index contributed by atoms with van der Waals surface area (Å²) in [5, 5.41) is 21.5. The van der Waals surface area contributed by atoms with Gasteiger partial charge in [-0.05, 0) is 32.1 Å². The number of ether oxygens (including phenoxy) is 1. The van der Waals surface area contributed by atoms with E-state index in [-0.39, 0.29) is 5.92 Å². The number of aliphatic hydroxyl groups is 2. The Hall–Kier alpha value is -0.120. The molecule has 0 radical (unpaired) electrons. The van der Waals surface area contributed by atoms with Gasteiger partial charge in [-0.25, -0.2) is 0 Å². The van der Waals surface area contributed by atoms with Crippen LogP contribution in [0.1, 0.15) is 59.8 Å². The lowest BCUT2D eigenvalue weighted by Crippen LogP contribution is -2.61. The molecule has 3 heteroatoms. The van der Waals surface area contributed by atoms with Gasteiger partial charge in [0.2, 0.25) is 0 Å². The van der Waals surface area contributed by atoms with Crippen molar-refractivity contribution >= 4 is 0 Å². The standard InChI is InChI=1S/C14H26O3/c1-5-6-7-13(16)11(15)12(4)8-9-14(13,17-12)10(2)3/h10-11,15-16H,5-9H2,1-4H3/t11-,12-,13?,14-/m0/s1. The zero-order valence-corrected chi connectivity index (χ0v) is 11.5. The van der Waals surface area contributed by atoms with Gasteiger partial charge in [0, 0.05) is 0 Å². The van der Waals surface area contributed by atoms with Crippen molar-refractivity contribution in [2.45, 2.75) is 82.7 Å². The van der Waals surface area contributed by atoms with Gasteiger partial charge in [0.1, 0.15) is 17.3 Å². The maximum atomic E-state index is 11.0. The molecule has 2 aliphatic rings. The van der Waals surface area contributed by atoms with Crippen LogP contribution in [-0.4, -0.2) is 33.1 Å². The Morgan fingerprint density at radius 2 is 2.00 bits per heavy atom. The highest BCUT2D eigenvalue weighted by Gasteiger charge is 2.73. The Morgan fingerprint density at radius 1 is 1.35 bits per heavy atom. The largest absolute Gasteiger partial charge is 0.387 e. The Kier molecular flexibility index (Phi) is 3.08.